The van der Waals surface area contributed by atoms with Gasteiger partial charge >= 0.3 is 0 Å². The van der Waals surface area contributed by atoms with E-state index in [4.69, 9.17) is 15.2 Å². The summed E-state index contributed by atoms with van der Waals surface area (Å²) >= 11 is 1.54. The molecule has 0 aliphatic carbocycles. The molecule has 3 nitrogen and oxygen atoms in total. The van der Waals surface area contributed by atoms with Crippen LogP contribution in [0.1, 0.15) is 5.56 Å². The van der Waals surface area contributed by atoms with E-state index in [2.05, 4.69) is 0 Å². The molecule has 1 heterocycles. The van der Waals surface area contributed by atoms with Crippen molar-refractivity contribution in [2.75, 3.05) is 20.0 Å². The average Bonchev–Trinajstić information content (AvgIpc) is 2.75. The predicted molar refractivity (Wildman–Crippen MR) is 72.0 cm³/mol. The summed E-state index contributed by atoms with van der Waals surface area (Å²) in [6, 6.07) is 5.93. The van der Waals surface area contributed by atoms with Gasteiger partial charge in [0.25, 0.3) is 0 Å². The van der Waals surface area contributed by atoms with E-state index in [9.17, 15) is 0 Å². The summed E-state index contributed by atoms with van der Waals surface area (Å²) in [5.41, 5.74) is 9.13. The number of anilines is 1. The normalized spacial score (nSPS) is 10.3. The lowest BCUT2D eigenvalue weighted by Crippen LogP contribution is -1.93. The largest absolute Gasteiger partial charge is 0.493 e. The SMILES string of the molecule is COc1cc(C)c(-c2csc(N)c2)cc1OC. The second-order valence-corrected chi connectivity index (χ2v) is 4.70. The number of hydrogen-bond donors (Lipinski definition) is 1. The maximum absolute atomic E-state index is 5.76. The average molecular weight is 249 g/mol. The van der Waals surface area contributed by atoms with Gasteiger partial charge in [0.15, 0.2) is 11.5 Å². The first kappa shape index (κ1) is 11.8. The van der Waals surface area contributed by atoms with Crippen LogP contribution in [0.4, 0.5) is 5.00 Å². The molecule has 90 valence electrons. The lowest BCUT2D eigenvalue weighted by atomic mass is 10.0. The van der Waals surface area contributed by atoms with Gasteiger partial charge in [-0.15, -0.1) is 11.3 Å². The summed E-state index contributed by atoms with van der Waals surface area (Å²) in [6.07, 6.45) is 0. The molecule has 17 heavy (non-hydrogen) atoms. The number of hydrogen-bond acceptors (Lipinski definition) is 4. The summed E-state index contributed by atoms with van der Waals surface area (Å²) in [5.74, 6) is 1.48. The van der Waals surface area contributed by atoms with Crippen molar-refractivity contribution in [3.8, 4) is 22.6 Å². The molecular formula is C13H15NO2S. The molecule has 1 aromatic heterocycles. The Morgan fingerprint density at radius 2 is 1.71 bits per heavy atom. The van der Waals surface area contributed by atoms with Crippen LogP contribution in [-0.2, 0) is 0 Å². The predicted octanol–water partition coefficient (Wildman–Crippen LogP) is 3.32. The van der Waals surface area contributed by atoms with Crippen LogP contribution in [-0.4, -0.2) is 14.2 Å². The highest BCUT2D eigenvalue weighted by Gasteiger charge is 2.10. The maximum atomic E-state index is 5.76. The first-order chi connectivity index (χ1) is 8.15. The second-order valence-electron chi connectivity index (χ2n) is 3.76. The molecule has 0 aliphatic heterocycles. The van der Waals surface area contributed by atoms with Crippen LogP contribution in [0.3, 0.4) is 0 Å². The van der Waals surface area contributed by atoms with Crippen molar-refractivity contribution in [3.63, 3.8) is 0 Å². The van der Waals surface area contributed by atoms with Gasteiger partial charge in [0.1, 0.15) is 0 Å². The van der Waals surface area contributed by atoms with Crippen LogP contribution in [0.25, 0.3) is 11.1 Å². The number of benzene rings is 1. The Morgan fingerprint density at radius 1 is 1.06 bits per heavy atom. The van der Waals surface area contributed by atoms with E-state index in [0.717, 1.165) is 33.2 Å². The standard InChI is InChI=1S/C13H15NO2S/c1-8-4-11(15-2)12(16-3)6-10(8)9-5-13(14)17-7-9/h4-7H,14H2,1-3H3. The molecule has 1 aromatic carbocycles. The highest BCUT2D eigenvalue weighted by molar-refractivity contribution is 7.14. The van der Waals surface area contributed by atoms with Crippen LogP contribution in [0.5, 0.6) is 11.5 Å². The van der Waals surface area contributed by atoms with Gasteiger partial charge < -0.3 is 15.2 Å². The van der Waals surface area contributed by atoms with E-state index >= 15 is 0 Å². The smallest absolute Gasteiger partial charge is 0.161 e. The molecule has 0 saturated heterocycles. The van der Waals surface area contributed by atoms with Gasteiger partial charge in [0, 0.05) is 5.38 Å². The zero-order valence-electron chi connectivity index (χ0n) is 10.1. The third kappa shape index (κ3) is 2.22. The summed E-state index contributed by atoms with van der Waals surface area (Å²) in [5, 5.41) is 2.86. The van der Waals surface area contributed by atoms with Crippen LogP contribution < -0.4 is 15.2 Å². The number of aryl methyl sites for hydroxylation is 1. The zero-order chi connectivity index (χ0) is 12.4. The van der Waals surface area contributed by atoms with Crippen molar-refractivity contribution < 1.29 is 9.47 Å². The lowest BCUT2D eigenvalue weighted by Gasteiger charge is -2.11. The Morgan fingerprint density at radius 3 is 2.24 bits per heavy atom. The Labute approximate surface area is 105 Å². The lowest BCUT2D eigenvalue weighted by molar-refractivity contribution is 0.355. The molecule has 0 aliphatic rings. The maximum Gasteiger partial charge on any atom is 0.161 e. The number of nitrogens with two attached hydrogens (primary N) is 1. The van der Waals surface area contributed by atoms with Crippen molar-refractivity contribution in [2.45, 2.75) is 6.92 Å². The Hall–Kier alpha value is -1.68. The molecule has 4 heteroatoms. The first-order valence-electron chi connectivity index (χ1n) is 5.22. The van der Waals surface area contributed by atoms with E-state index in [1.807, 2.05) is 30.5 Å². The molecule has 0 radical (unpaired) electrons. The highest BCUT2D eigenvalue weighted by atomic mass is 32.1. The number of ether oxygens (including phenoxy) is 2. The van der Waals surface area contributed by atoms with Gasteiger partial charge in [-0.05, 0) is 41.8 Å². The summed E-state index contributed by atoms with van der Waals surface area (Å²) < 4.78 is 10.6. The quantitative estimate of drug-likeness (QED) is 0.907. The van der Waals surface area contributed by atoms with E-state index < -0.39 is 0 Å². The minimum absolute atomic E-state index is 0.734. The van der Waals surface area contributed by atoms with Gasteiger partial charge in [0.2, 0.25) is 0 Å². The highest BCUT2D eigenvalue weighted by Crippen LogP contribution is 2.37. The molecule has 0 bridgehead atoms. The first-order valence-corrected chi connectivity index (χ1v) is 6.10. The third-order valence-electron chi connectivity index (χ3n) is 2.66. The Balaban J connectivity index is 2.55. The molecule has 0 saturated carbocycles. The Bertz CT molecular complexity index is 534. The van der Waals surface area contributed by atoms with Crippen LogP contribution in [0.15, 0.2) is 23.6 Å². The van der Waals surface area contributed by atoms with Crippen molar-refractivity contribution >= 4 is 16.3 Å². The molecule has 0 atom stereocenters. The zero-order valence-corrected chi connectivity index (χ0v) is 10.9. The van der Waals surface area contributed by atoms with Crippen LogP contribution >= 0.6 is 11.3 Å². The minimum Gasteiger partial charge on any atom is -0.493 e. The Kier molecular flexibility index (Phi) is 3.24. The fourth-order valence-electron chi connectivity index (χ4n) is 1.79. The molecule has 2 N–H and O–H groups in total. The van der Waals surface area contributed by atoms with Gasteiger partial charge in [-0.25, -0.2) is 0 Å². The van der Waals surface area contributed by atoms with Crippen LogP contribution in [0, 0.1) is 6.92 Å². The topological polar surface area (TPSA) is 44.5 Å². The fourth-order valence-corrected chi connectivity index (χ4v) is 2.44. The monoisotopic (exact) mass is 249 g/mol. The van der Waals surface area contributed by atoms with Gasteiger partial charge in [-0.2, -0.15) is 0 Å². The van der Waals surface area contributed by atoms with Crippen LogP contribution in [0.2, 0.25) is 0 Å². The van der Waals surface area contributed by atoms with E-state index in [1.165, 1.54) is 11.3 Å². The van der Waals surface area contributed by atoms with E-state index in [-0.39, 0.29) is 0 Å². The third-order valence-corrected chi connectivity index (χ3v) is 3.42. The van der Waals surface area contributed by atoms with Crippen molar-refractivity contribution in [1.82, 2.24) is 0 Å². The molecule has 0 amide bonds. The minimum atomic E-state index is 0.734. The van der Waals surface area contributed by atoms with Gasteiger partial charge in [-0.3, -0.25) is 0 Å². The number of thiophene rings is 1. The number of nitrogen functional groups attached to an aromatic ring is 1. The van der Waals surface area contributed by atoms with Crippen molar-refractivity contribution in [2.24, 2.45) is 0 Å². The van der Waals surface area contributed by atoms with Gasteiger partial charge in [-0.1, -0.05) is 0 Å². The molecule has 2 rings (SSSR count). The number of rotatable bonds is 3. The summed E-state index contributed by atoms with van der Waals surface area (Å²) in [4.78, 5) is 0. The molecule has 2 aromatic rings. The second kappa shape index (κ2) is 4.67. The van der Waals surface area contributed by atoms with Crippen molar-refractivity contribution in [3.05, 3.63) is 29.1 Å². The fraction of sp³-hybridized carbons (Fsp3) is 0.231. The van der Waals surface area contributed by atoms with Gasteiger partial charge in [0.05, 0.1) is 19.2 Å². The molecule has 0 unspecified atom stereocenters. The summed E-state index contributed by atoms with van der Waals surface area (Å²) in [7, 11) is 3.28. The van der Waals surface area contributed by atoms with Crippen molar-refractivity contribution in [1.29, 1.82) is 0 Å². The number of methoxy groups -OCH3 is 2. The molecule has 0 fully saturated rings. The van der Waals surface area contributed by atoms with E-state index in [1.54, 1.807) is 14.2 Å². The van der Waals surface area contributed by atoms with E-state index in [0.29, 0.717) is 0 Å². The molecule has 0 spiro atoms. The summed E-state index contributed by atoms with van der Waals surface area (Å²) in [6.45, 7) is 2.05. The molecular weight excluding hydrogens is 234 g/mol.